The van der Waals surface area contributed by atoms with Crippen molar-refractivity contribution < 1.29 is 25.6 Å². The highest BCUT2D eigenvalue weighted by Crippen LogP contribution is 2.39. The van der Waals surface area contributed by atoms with Crippen LogP contribution in [-0.2, 0) is 19.9 Å². The fourth-order valence-electron chi connectivity index (χ4n) is 3.05. The summed E-state index contributed by atoms with van der Waals surface area (Å²) in [5.41, 5.74) is -0.0413. The second-order valence-electron chi connectivity index (χ2n) is 6.85. The minimum absolute atomic E-state index is 0.0422. The van der Waals surface area contributed by atoms with E-state index in [0.29, 0.717) is 10.6 Å². The zero-order valence-corrected chi connectivity index (χ0v) is 18.7. The maximum absolute atomic E-state index is 14.7. The Kier molecular flexibility index (Phi) is 6.35. The SMILES string of the molecule is Cc1cnc(NS(C)(=O)=O)cc1C(c1cc(F)ccc1F)S(=O)(=O)c1ccc(Cl)cc1. The monoisotopic (exact) mass is 486 g/mol. The highest BCUT2D eigenvalue weighted by molar-refractivity contribution is 7.92. The van der Waals surface area contributed by atoms with Crippen molar-refractivity contribution >= 4 is 37.3 Å². The Hall–Kier alpha value is -2.56. The summed E-state index contributed by atoms with van der Waals surface area (Å²) in [4.78, 5) is 3.77. The van der Waals surface area contributed by atoms with Gasteiger partial charge in [-0.15, -0.1) is 0 Å². The van der Waals surface area contributed by atoms with Gasteiger partial charge in [0.05, 0.1) is 11.2 Å². The van der Waals surface area contributed by atoms with E-state index in [1.807, 2.05) is 0 Å². The number of pyridine rings is 1. The number of aromatic nitrogens is 1. The van der Waals surface area contributed by atoms with Gasteiger partial charge in [0.1, 0.15) is 22.7 Å². The van der Waals surface area contributed by atoms with Gasteiger partial charge in [0.15, 0.2) is 9.84 Å². The molecule has 0 spiro atoms. The Labute approximate surface area is 183 Å². The summed E-state index contributed by atoms with van der Waals surface area (Å²) in [6.07, 6.45) is 2.16. The molecule has 0 aliphatic heterocycles. The molecular formula is C20H17ClF2N2O4S2. The molecule has 1 unspecified atom stereocenters. The molecule has 0 aliphatic carbocycles. The molecule has 0 radical (unpaired) electrons. The van der Waals surface area contributed by atoms with E-state index in [4.69, 9.17) is 11.6 Å². The van der Waals surface area contributed by atoms with E-state index < -0.39 is 42.3 Å². The summed E-state index contributed by atoms with van der Waals surface area (Å²) in [5, 5.41) is -1.38. The fourth-order valence-corrected chi connectivity index (χ4v) is 5.55. The first-order chi connectivity index (χ1) is 14.4. The van der Waals surface area contributed by atoms with Crippen LogP contribution in [0.1, 0.15) is 21.9 Å². The van der Waals surface area contributed by atoms with E-state index in [-0.39, 0.29) is 16.3 Å². The van der Waals surface area contributed by atoms with E-state index in [1.165, 1.54) is 43.5 Å². The van der Waals surface area contributed by atoms with Crippen LogP contribution in [0.4, 0.5) is 14.6 Å². The van der Waals surface area contributed by atoms with Gasteiger partial charge in [-0.1, -0.05) is 11.6 Å². The Balaban J connectivity index is 2.31. The number of nitrogens with one attached hydrogen (secondary N) is 1. The molecule has 11 heteroatoms. The summed E-state index contributed by atoms with van der Waals surface area (Å²) in [6, 6.07) is 8.95. The molecule has 3 rings (SSSR count). The number of halogens is 3. The second kappa shape index (κ2) is 8.52. The average molecular weight is 487 g/mol. The van der Waals surface area contributed by atoms with Crippen molar-refractivity contribution in [3.63, 3.8) is 0 Å². The van der Waals surface area contributed by atoms with Crippen LogP contribution in [-0.4, -0.2) is 28.1 Å². The number of aryl methyl sites for hydroxylation is 1. The number of nitrogens with zero attached hydrogens (tertiary/aromatic N) is 1. The molecule has 1 N–H and O–H groups in total. The molecule has 6 nitrogen and oxygen atoms in total. The Morgan fingerprint density at radius 3 is 2.23 bits per heavy atom. The number of sulfone groups is 1. The molecule has 0 bridgehead atoms. The summed E-state index contributed by atoms with van der Waals surface area (Å²) in [6.45, 7) is 1.54. The van der Waals surface area contributed by atoms with Crippen molar-refractivity contribution in [2.75, 3.05) is 11.0 Å². The lowest BCUT2D eigenvalue weighted by molar-refractivity contribution is 0.569. The molecule has 0 aliphatic rings. The van der Waals surface area contributed by atoms with Gasteiger partial charge in [-0.2, -0.15) is 0 Å². The summed E-state index contributed by atoms with van der Waals surface area (Å²) >= 11 is 5.85. The molecule has 0 saturated carbocycles. The van der Waals surface area contributed by atoms with Crippen molar-refractivity contribution in [1.82, 2.24) is 4.98 Å². The van der Waals surface area contributed by atoms with E-state index in [0.717, 1.165) is 24.5 Å². The van der Waals surface area contributed by atoms with Gasteiger partial charge < -0.3 is 0 Å². The zero-order valence-electron chi connectivity index (χ0n) is 16.3. The van der Waals surface area contributed by atoms with Crippen LogP contribution >= 0.6 is 11.6 Å². The maximum atomic E-state index is 14.7. The lowest BCUT2D eigenvalue weighted by Gasteiger charge is -2.22. The van der Waals surface area contributed by atoms with E-state index >= 15 is 0 Å². The number of rotatable bonds is 6. The minimum Gasteiger partial charge on any atom is -0.268 e. The van der Waals surface area contributed by atoms with Gasteiger partial charge in [-0.05, 0) is 66.6 Å². The average Bonchev–Trinajstić information content (AvgIpc) is 2.66. The molecule has 1 heterocycles. The third-order valence-corrected chi connectivity index (χ3v) is 7.30. The largest absolute Gasteiger partial charge is 0.268 e. The Morgan fingerprint density at radius 1 is 0.968 bits per heavy atom. The molecule has 1 aromatic heterocycles. The first-order valence-electron chi connectivity index (χ1n) is 8.77. The standard InChI is InChI=1S/C20H17ClF2N2O4S2/c1-12-11-24-19(25-30(2,26)27)10-16(12)20(17-9-14(22)5-8-18(17)23)31(28,29)15-6-3-13(21)4-7-15/h3-11,20H,1-2H3,(H,24,25). The summed E-state index contributed by atoms with van der Waals surface area (Å²) in [7, 11) is -8.03. The van der Waals surface area contributed by atoms with Crippen LogP contribution in [0.3, 0.4) is 0 Å². The summed E-state index contributed by atoms with van der Waals surface area (Å²) < 4.78 is 81.2. The van der Waals surface area contributed by atoms with Crippen molar-refractivity contribution in [3.05, 3.63) is 88.1 Å². The predicted molar refractivity (Wildman–Crippen MR) is 114 cm³/mol. The van der Waals surface area contributed by atoms with Crippen molar-refractivity contribution in [2.45, 2.75) is 17.1 Å². The van der Waals surface area contributed by atoms with Gasteiger partial charge in [0, 0.05) is 16.8 Å². The number of anilines is 1. The van der Waals surface area contributed by atoms with E-state index in [9.17, 15) is 25.6 Å². The first kappa shape index (κ1) is 23.1. The molecule has 164 valence electrons. The van der Waals surface area contributed by atoms with E-state index in [1.54, 1.807) is 0 Å². The summed E-state index contributed by atoms with van der Waals surface area (Å²) in [5.74, 6) is -1.91. The fraction of sp³-hybridized carbons (Fsp3) is 0.150. The van der Waals surface area contributed by atoms with Crippen LogP contribution in [0, 0.1) is 18.6 Å². The normalized spacial score (nSPS) is 13.1. The highest BCUT2D eigenvalue weighted by Gasteiger charge is 2.35. The molecule has 2 aromatic carbocycles. The van der Waals surface area contributed by atoms with Crippen LogP contribution in [0.2, 0.25) is 5.02 Å². The van der Waals surface area contributed by atoms with Crippen LogP contribution in [0.25, 0.3) is 0 Å². The van der Waals surface area contributed by atoms with Gasteiger partial charge >= 0.3 is 0 Å². The smallest absolute Gasteiger partial charge is 0.230 e. The molecule has 3 aromatic rings. The highest BCUT2D eigenvalue weighted by atomic mass is 35.5. The van der Waals surface area contributed by atoms with Crippen LogP contribution in [0.15, 0.2) is 59.6 Å². The van der Waals surface area contributed by atoms with Gasteiger partial charge in [0.2, 0.25) is 10.0 Å². The molecule has 1 atom stereocenters. The Morgan fingerprint density at radius 2 is 1.61 bits per heavy atom. The van der Waals surface area contributed by atoms with E-state index in [2.05, 4.69) is 9.71 Å². The topological polar surface area (TPSA) is 93.2 Å². The zero-order chi connectivity index (χ0) is 23.0. The van der Waals surface area contributed by atoms with Gasteiger partial charge in [-0.25, -0.2) is 30.6 Å². The first-order valence-corrected chi connectivity index (χ1v) is 12.6. The third-order valence-electron chi connectivity index (χ3n) is 4.41. The maximum Gasteiger partial charge on any atom is 0.230 e. The third kappa shape index (κ3) is 5.20. The number of hydrogen-bond donors (Lipinski definition) is 1. The molecule has 0 amide bonds. The number of hydrogen-bond acceptors (Lipinski definition) is 5. The number of benzene rings is 2. The van der Waals surface area contributed by atoms with Crippen molar-refractivity contribution in [1.29, 1.82) is 0 Å². The van der Waals surface area contributed by atoms with Gasteiger partial charge in [-0.3, -0.25) is 4.72 Å². The molecule has 0 fully saturated rings. The van der Waals surface area contributed by atoms with Crippen molar-refractivity contribution in [3.8, 4) is 0 Å². The molecular weight excluding hydrogens is 470 g/mol. The predicted octanol–water partition coefficient (Wildman–Crippen LogP) is 4.26. The lowest BCUT2D eigenvalue weighted by Crippen LogP contribution is -2.19. The van der Waals surface area contributed by atoms with Crippen LogP contribution < -0.4 is 4.72 Å². The quantitative estimate of drug-likeness (QED) is 0.562. The van der Waals surface area contributed by atoms with Crippen LogP contribution in [0.5, 0.6) is 0 Å². The molecule has 31 heavy (non-hydrogen) atoms. The Bertz CT molecular complexity index is 1350. The van der Waals surface area contributed by atoms with Gasteiger partial charge in [0.25, 0.3) is 0 Å². The lowest BCUT2D eigenvalue weighted by atomic mass is 10.0. The molecule has 0 saturated heterocycles. The number of sulfonamides is 1. The van der Waals surface area contributed by atoms with Crippen molar-refractivity contribution in [2.24, 2.45) is 0 Å². The second-order valence-corrected chi connectivity index (χ2v) is 11.1. The minimum atomic E-state index is -4.32.